The van der Waals surface area contributed by atoms with Crippen molar-refractivity contribution in [1.29, 1.82) is 0 Å². The quantitative estimate of drug-likeness (QED) is 0.125. The normalized spacial score (nSPS) is 18.1. The number of nitrogens with zero attached hydrogens (tertiary/aromatic N) is 4. The van der Waals surface area contributed by atoms with Gasteiger partial charge in [0.1, 0.15) is 0 Å². The lowest BCUT2D eigenvalue weighted by Crippen LogP contribution is -2.37. The highest BCUT2D eigenvalue weighted by atomic mass is 32.1. The van der Waals surface area contributed by atoms with Crippen LogP contribution >= 0.6 is 34.0 Å². The van der Waals surface area contributed by atoms with Gasteiger partial charge in [-0.2, -0.15) is 0 Å². The van der Waals surface area contributed by atoms with Crippen molar-refractivity contribution in [3.63, 3.8) is 0 Å². The fourth-order valence-corrected chi connectivity index (χ4v) is 22.1. The first-order chi connectivity index (χ1) is 42.5. The van der Waals surface area contributed by atoms with Gasteiger partial charge >= 0.3 is 0 Å². The Morgan fingerprint density at radius 1 is 0.218 bits per heavy atom. The topological polar surface area (TPSA) is 156 Å². The van der Waals surface area contributed by atoms with E-state index >= 15 is 0 Å². The predicted octanol–water partition coefficient (Wildman–Crippen LogP) is 15.9. The van der Waals surface area contributed by atoms with Crippen LogP contribution in [0.4, 0.5) is 0 Å². The zero-order valence-electron chi connectivity index (χ0n) is 47.5. The lowest BCUT2D eigenvalue weighted by atomic mass is 9.86. The number of aromatic nitrogens is 4. The molecule has 7 aromatic heterocycles. The maximum atomic E-state index is 14.2. The van der Waals surface area contributed by atoms with Gasteiger partial charge in [0.15, 0.2) is 0 Å². The van der Waals surface area contributed by atoms with Crippen molar-refractivity contribution in [2.75, 3.05) is 0 Å². The molecule has 0 saturated heterocycles. The molecule has 7 heterocycles. The van der Waals surface area contributed by atoms with Crippen LogP contribution in [0, 0.1) is 0 Å². The third-order valence-corrected chi connectivity index (χ3v) is 25.5. The fraction of sp³-hybridized carbons (Fsp3) is 0.333. The summed E-state index contributed by atoms with van der Waals surface area (Å²) in [5, 5.41) is 20.1. The summed E-state index contributed by atoms with van der Waals surface area (Å²) in [4.78, 5) is 113. The molecule has 21 rings (SSSR count). The van der Waals surface area contributed by atoms with Crippen LogP contribution < -0.4 is 44.5 Å². The van der Waals surface area contributed by atoms with Crippen molar-refractivity contribution in [3.05, 3.63) is 143 Å². The summed E-state index contributed by atoms with van der Waals surface area (Å²) in [6, 6.07) is 19.6. The van der Waals surface area contributed by atoms with E-state index in [1.165, 1.54) is 0 Å². The van der Waals surface area contributed by atoms with E-state index in [0.717, 1.165) is 243 Å². The molecule has 0 radical (unpaired) electrons. The zero-order chi connectivity index (χ0) is 57.9. The molecule has 428 valence electrons. The summed E-state index contributed by atoms with van der Waals surface area (Å²) < 4.78 is 12.2. The van der Waals surface area contributed by atoms with E-state index in [0.29, 0.717) is 43.1 Å². The highest BCUT2D eigenvalue weighted by molar-refractivity contribution is 7.28. The van der Waals surface area contributed by atoms with Crippen molar-refractivity contribution in [2.24, 2.45) is 0 Å². The Morgan fingerprint density at radius 3 is 0.655 bits per heavy atom. The lowest BCUT2D eigenvalue weighted by Gasteiger charge is -2.25. The van der Waals surface area contributed by atoms with E-state index < -0.39 is 0 Å². The second-order valence-corrected chi connectivity index (χ2v) is 29.8. The Labute approximate surface area is 502 Å². The van der Waals surface area contributed by atoms with Crippen LogP contribution in [0.25, 0.3) is 157 Å². The number of benzene rings is 10. The number of pyridine rings is 4. The van der Waals surface area contributed by atoms with Gasteiger partial charge in [-0.15, -0.1) is 34.0 Å². The summed E-state index contributed by atoms with van der Waals surface area (Å²) in [7, 11) is 0. The molecule has 4 fully saturated rings. The van der Waals surface area contributed by atoms with Gasteiger partial charge < -0.3 is 0 Å². The first kappa shape index (κ1) is 50.1. The molecule has 0 unspecified atom stereocenters. The van der Waals surface area contributed by atoms with Crippen LogP contribution in [0.2, 0.25) is 0 Å². The van der Waals surface area contributed by atoms with Crippen molar-refractivity contribution in [2.45, 2.75) is 153 Å². The molecule has 4 aliphatic rings. The largest absolute Gasteiger partial charge is 0.271 e. The lowest BCUT2D eigenvalue weighted by molar-refractivity contribution is 0.342. The molecule has 0 atom stereocenters. The molecule has 0 spiro atoms. The van der Waals surface area contributed by atoms with Crippen LogP contribution in [-0.4, -0.2) is 18.3 Å². The Kier molecular flexibility index (Phi) is 10.0. The maximum absolute atomic E-state index is 14.2. The van der Waals surface area contributed by atoms with Crippen molar-refractivity contribution < 1.29 is 0 Å². The van der Waals surface area contributed by atoms with E-state index in [2.05, 4.69) is 0 Å². The Bertz CT molecular complexity index is 5780. The van der Waals surface area contributed by atoms with Gasteiger partial charge in [-0.1, -0.05) is 89.2 Å². The molecule has 10 aromatic carbocycles. The van der Waals surface area contributed by atoms with E-state index in [1.54, 1.807) is 52.3 Å². The molecule has 17 aromatic rings. The summed E-state index contributed by atoms with van der Waals surface area (Å²) >= 11 is 4.85. The zero-order valence-corrected chi connectivity index (χ0v) is 50.0. The van der Waals surface area contributed by atoms with Crippen molar-refractivity contribution in [1.82, 2.24) is 18.3 Å². The maximum Gasteiger partial charge on any atom is 0.261 e. The predicted molar refractivity (Wildman–Crippen MR) is 360 cm³/mol. The van der Waals surface area contributed by atoms with Crippen molar-refractivity contribution >= 4 is 191 Å². The van der Waals surface area contributed by atoms with Gasteiger partial charge in [-0.05, 0) is 111 Å². The van der Waals surface area contributed by atoms with Gasteiger partial charge in [0.2, 0.25) is 0 Å². The number of rotatable bonds is 4. The van der Waals surface area contributed by atoms with E-state index in [1.807, 2.05) is 60.7 Å². The summed E-state index contributed by atoms with van der Waals surface area (Å²) in [5.41, 5.74) is -1.43. The smallest absolute Gasteiger partial charge is 0.261 e. The first-order valence-corrected chi connectivity index (χ1v) is 34.2. The van der Waals surface area contributed by atoms with Gasteiger partial charge in [0.05, 0.1) is 32.3 Å². The average Bonchev–Trinajstić information content (AvgIpc) is 1.62. The number of hydrogen-bond donors (Lipinski definition) is 0. The fourth-order valence-electron chi connectivity index (χ4n) is 18.5. The number of hydrogen-bond acceptors (Lipinski definition) is 11. The van der Waals surface area contributed by atoms with Gasteiger partial charge in [0.25, 0.3) is 44.5 Å². The van der Waals surface area contributed by atoms with Gasteiger partial charge in [-0.3, -0.25) is 56.6 Å². The Morgan fingerprint density at radius 2 is 0.414 bits per heavy atom. The molecule has 87 heavy (non-hydrogen) atoms. The van der Waals surface area contributed by atoms with Crippen LogP contribution in [0.1, 0.15) is 153 Å². The SMILES string of the molecule is O=c1c2cc3sc4cc5c(=O)n(C6CCCCC6)c(=O)c6cc7sc8cc(c(=O)n1C1CCCCC1)c2c1c3c4c(c56)c7c81.O=c1c2ccc3c4ccc5c(=O)n(C6CCCCC6)c(=O)c6cc7sc8cc(c(=O)n1C1CCCCC1)c2c3c8c7c4c56. The minimum absolute atomic E-state index is 0.0544. The molecule has 12 nitrogen and oxygen atoms in total. The minimum Gasteiger partial charge on any atom is -0.271 e. The molecule has 4 aliphatic carbocycles. The number of thiophene rings is 3. The molecule has 0 amide bonds. The van der Waals surface area contributed by atoms with Crippen LogP contribution in [0.3, 0.4) is 0 Å². The third-order valence-electron chi connectivity index (χ3n) is 22.2. The van der Waals surface area contributed by atoms with E-state index in [9.17, 15) is 38.4 Å². The third kappa shape index (κ3) is 6.18. The molecule has 15 heteroatoms. The van der Waals surface area contributed by atoms with Crippen LogP contribution in [0.15, 0.2) is 99.0 Å². The second-order valence-electron chi connectivity index (χ2n) is 26.5. The first-order valence-electron chi connectivity index (χ1n) is 31.7. The highest BCUT2D eigenvalue weighted by Crippen LogP contribution is 2.57. The summed E-state index contributed by atoms with van der Waals surface area (Å²) in [5.74, 6) is 0. The van der Waals surface area contributed by atoms with Crippen LogP contribution in [-0.2, 0) is 0 Å². The second kappa shape index (κ2) is 17.4. The highest BCUT2D eigenvalue weighted by Gasteiger charge is 2.34. The minimum atomic E-state index is -0.185. The average molecular weight is 1200 g/mol. The Balaban J connectivity index is 0.000000123. The molecule has 0 N–H and O–H groups in total. The standard InChI is InChI=1S/C36H26N2O4S2.C36H28N2O4S/c39-33-17-11-21-27-29-23(43-21)13-19-26-20(36(42)38(35(19)41)16-9-5-2-6-10-16)14-24-30(32(26)29)28-22(44-24)12-18(25(17)31(27)28)34(40)37(33)15-7-3-1-4-8-15;39-33-21-13-11-19-20-12-14-22-28-24(36(42)38(34(22)40)18-9-5-2-6-10-18)16-26-32(30(20)28)31-25(43-26)15-23(27(21)29(19)31)35(41)37(33)17-7-3-1-4-8-17/h11-16H,1-10H2;11-18H,1-10H2. The molecular formula is C72H54N4O8S3. The summed E-state index contributed by atoms with van der Waals surface area (Å²) in [6.45, 7) is 0. The molecule has 0 bridgehead atoms. The van der Waals surface area contributed by atoms with E-state index in [-0.39, 0.29) is 68.6 Å². The number of fused-ring (bicyclic) bond motifs is 1. The Hall–Kier alpha value is -7.98. The van der Waals surface area contributed by atoms with E-state index in [4.69, 9.17) is 0 Å². The van der Waals surface area contributed by atoms with Crippen LogP contribution in [0.5, 0.6) is 0 Å². The molecular weight excluding hydrogens is 1150 g/mol. The molecule has 4 saturated carbocycles. The van der Waals surface area contributed by atoms with Gasteiger partial charge in [0, 0.05) is 139 Å². The van der Waals surface area contributed by atoms with Gasteiger partial charge in [-0.25, -0.2) is 0 Å². The monoisotopic (exact) mass is 1200 g/mol. The molecule has 0 aliphatic heterocycles. The summed E-state index contributed by atoms with van der Waals surface area (Å²) in [6.07, 6.45) is 19.8. The van der Waals surface area contributed by atoms with Crippen molar-refractivity contribution in [3.8, 4) is 0 Å².